The van der Waals surface area contributed by atoms with Crippen molar-refractivity contribution in [3.63, 3.8) is 0 Å². The average molecular weight is 469 g/mol. The third-order valence-electron chi connectivity index (χ3n) is 5.63. The molecule has 9 heteroatoms. The number of aromatic nitrogens is 2. The zero-order valence-corrected chi connectivity index (χ0v) is 17.8. The van der Waals surface area contributed by atoms with Crippen LogP contribution in [0.2, 0.25) is 0 Å². The number of hydrogen-bond donors (Lipinski definition) is 1. The molecule has 5 rings (SSSR count). The minimum atomic E-state index is -2.70. The van der Waals surface area contributed by atoms with Crippen molar-refractivity contribution in [1.82, 2.24) is 9.78 Å². The van der Waals surface area contributed by atoms with Crippen LogP contribution in [0, 0.1) is 0 Å². The van der Waals surface area contributed by atoms with Crippen molar-refractivity contribution >= 4 is 29.1 Å². The number of fused-ring (bicyclic) bond motifs is 1. The predicted molar refractivity (Wildman–Crippen MR) is 127 cm³/mol. The number of primary amides is 1. The summed E-state index contributed by atoms with van der Waals surface area (Å²) in [6, 6.07) is 2.76. The second kappa shape index (κ2) is 8.66. The van der Waals surface area contributed by atoms with Crippen LogP contribution in [0.15, 0.2) is 48.4 Å². The fourth-order valence-corrected chi connectivity index (χ4v) is 3.99. The van der Waals surface area contributed by atoms with E-state index < -0.39 is 66.8 Å². The summed E-state index contributed by atoms with van der Waals surface area (Å²) in [7, 11) is -2.70. The Morgan fingerprint density at radius 3 is 2.41 bits per heavy atom. The van der Waals surface area contributed by atoms with Crippen molar-refractivity contribution in [2.24, 2.45) is 5.73 Å². The van der Waals surface area contributed by atoms with Gasteiger partial charge >= 0.3 is 0 Å². The van der Waals surface area contributed by atoms with E-state index in [1.807, 2.05) is 0 Å². The maximum atomic E-state index is 14.0. The van der Waals surface area contributed by atoms with E-state index in [0.29, 0.717) is 4.90 Å². The van der Waals surface area contributed by atoms with Gasteiger partial charge in [-0.25, -0.2) is 4.68 Å². The number of methoxy groups -OCH3 is 1. The summed E-state index contributed by atoms with van der Waals surface area (Å²) < 4.78 is 78.9. The lowest BCUT2D eigenvalue weighted by atomic mass is 10.0. The SMILES string of the molecule is [2H]c1c([2H])c(N2C(=O)CCCC2([2H])[2H])c([2H])c([2H])c1N1CCc2c(C(N)=O)nn(-c3ccc(OC([2H])([2H])[2H])cc3)c2C1=O. The first-order chi connectivity index (χ1) is 20.0. The van der Waals surface area contributed by atoms with Crippen LogP contribution in [0.4, 0.5) is 11.4 Å². The molecule has 3 amide bonds. The molecule has 2 aromatic carbocycles. The number of nitrogens with two attached hydrogens (primary N) is 1. The lowest BCUT2D eigenvalue weighted by Crippen LogP contribution is -2.39. The smallest absolute Gasteiger partial charge is 0.277 e. The molecule has 2 aliphatic heterocycles. The maximum absolute atomic E-state index is 14.0. The Hall–Kier alpha value is -4.14. The van der Waals surface area contributed by atoms with E-state index in [1.54, 1.807) is 0 Å². The molecule has 3 heterocycles. The molecule has 34 heavy (non-hydrogen) atoms. The summed E-state index contributed by atoms with van der Waals surface area (Å²) in [6.45, 7) is -2.40. The molecule has 0 aliphatic carbocycles. The van der Waals surface area contributed by atoms with E-state index in [-0.39, 0.29) is 60.6 Å². The second-order valence-electron chi connectivity index (χ2n) is 7.69. The summed E-state index contributed by atoms with van der Waals surface area (Å²) >= 11 is 0. The molecular formula is C25H25N5O4. The molecule has 0 radical (unpaired) electrons. The van der Waals surface area contributed by atoms with Gasteiger partial charge in [0.1, 0.15) is 11.4 Å². The number of rotatable bonds is 5. The van der Waals surface area contributed by atoms with Crippen molar-refractivity contribution in [3.05, 3.63) is 65.4 Å². The average Bonchev–Trinajstić information content (AvgIpc) is 3.31. The fraction of sp³-hybridized carbons (Fsp3) is 0.280. The minimum absolute atomic E-state index is 0.00755. The lowest BCUT2D eigenvalue weighted by Gasteiger charge is -2.29. The monoisotopic (exact) mass is 468 g/mol. The Morgan fingerprint density at radius 2 is 1.76 bits per heavy atom. The predicted octanol–water partition coefficient (Wildman–Crippen LogP) is 2.70. The molecule has 1 fully saturated rings. The van der Waals surface area contributed by atoms with Crippen molar-refractivity contribution in [1.29, 1.82) is 0 Å². The number of carbonyl (C=O) groups is 3. The van der Waals surface area contributed by atoms with Crippen LogP contribution in [0.3, 0.4) is 0 Å². The Bertz CT molecular complexity index is 1640. The fourth-order valence-electron chi connectivity index (χ4n) is 3.99. The first-order valence-electron chi connectivity index (χ1n) is 15.0. The lowest BCUT2D eigenvalue weighted by molar-refractivity contribution is -0.119. The Labute approximate surface area is 209 Å². The van der Waals surface area contributed by atoms with E-state index in [2.05, 4.69) is 5.10 Å². The van der Waals surface area contributed by atoms with Gasteiger partial charge in [0.05, 0.1) is 22.3 Å². The third kappa shape index (κ3) is 3.68. The molecular weight excluding hydrogens is 434 g/mol. The van der Waals surface area contributed by atoms with Gasteiger partial charge in [-0.2, -0.15) is 5.10 Å². The number of nitrogens with zero attached hydrogens (tertiary/aromatic N) is 4. The molecule has 3 aromatic rings. The van der Waals surface area contributed by atoms with E-state index in [4.69, 9.17) is 22.8 Å². The molecule has 0 bridgehead atoms. The highest BCUT2D eigenvalue weighted by Crippen LogP contribution is 2.31. The largest absolute Gasteiger partial charge is 0.497 e. The van der Waals surface area contributed by atoms with Gasteiger partial charge < -0.3 is 20.3 Å². The van der Waals surface area contributed by atoms with Crippen LogP contribution < -0.4 is 20.3 Å². The van der Waals surface area contributed by atoms with Crippen LogP contribution in [0.1, 0.15) is 58.1 Å². The van der Waals surface area contributed by atoms with Crippen molar-refractivity contribution < 1.29 is 31.5 Å². The van der Waals surface area contributed by atoms with Gasteiger partial charge in [-0.15, -0.1) is 0 Å². The summed E-state index contributed by atoms with van der Waals surface area (Å²) in [6.07, 6.45) is 0.198. The standard InChI is InChI=1S/C25H25N5O4/c1-34-19-11-9-18(10-12-19)30-23-20(22(27-30)24(26)32)13-15-29(25(23)33)17-7-5-16(6-8-17)28-14-3-2-4-21(28)31/h5-12H,2-4,13-15H2,1H3,(H2,26,32)/i1D3,5D,6D,7D,8D,14D2. The topological polar surface area (TPSA) is 111 Å². The minimum Gasteiger partial charge on any atom is -0.497 e. The van der Waals surface area contributed by atoms with Crippen molar-refractivity contribution in [2.75, 3.05) is 29.9 Å². The number of benzene rings is 2. The summed E-state index contributed by atoms with van der Waals surface area (Å²) in [5, 5.41) is 4.21. The molecule has 0 saturated carbocycles. The first-order valence-corrected chi connectivity index (χ1v) is 10.5. The number of ether oxygens (including phenoxy) is 1. The highest BCUT2D eigenvalue weighted by Gasteiger charge is 2.34. The van der Waals surface area contributed by atoms with Crippen LogP contribution in [0.5, 0.6) is 5.75 Å². The molecule has 2 aliphatic rings. The highest BCUT2D eigenvalue weighted by atomic mass is 16.5. The summed E-state index contributed by atoms with van der Waals surface area (Å²) in [5.74, 6) is -2.40. The zero-order valence-electron chi connectivity index (χ0n) is 26.8. The van der Waals surface area contributed by atoms with E-state index >= 15 is 0 Å². The normalized spacial score (nSPS) is 21.6. The van der Waals surface area contributed by atoms with Gasteiger partial charge in [0.25, 0.3) is 11.8 Å². The van der Waals surface area contributed by atoms with E-state index in [9.17, 15) is 14.4 Å². The Morgan fingerprint density at radius 1 is 1.06 bits per heavy atom. The number of carbonyl (C=O) groups excluding carboxylic acids is 3. The van der Waals surface area contributed by atoms with Crippen LogP contribution in [-0.2, 0) is 11.2 Å². The Kier molecular flexibility index (Phi) is 3.45. The number of piperidine rings is 1. The second-order valence-corrected chi connectivity index (χ2v) is 7.69. The van der Waals surface area contributed by atoms with Gasteiger partial charge in [0, 0.05) is 39.1 Å². The van der Waals surface area contributed by atoms with E-state index in [1.165, 1.54) is 24.3 Å². The van der Waals surface area contributed by atoms with Crippen LogP contribution in [0.25, 0.3) is 5.69 Å². The molecule has 2 N–H and O–H groups in total. The summed E-state index contributed by atoms with van der Waals surface area (Å²) in [5.41, 5.74) is 4.74. The van der Waals surface area contributed by atoms with Gasteiger partial charge in [0.2, 0.25) is 5.91 Å². The van der Waals surface area contributed by atoms with Gasteiger partial charge in [-0.3, -0.25) is 14.4 Å². The maximum Gasteiger partial charge on any atom is 0.277 e. The van der Waals surface area contributed by atoms with Gasteiger partial charge in [-0.1, -0.05) is 0 Å². The van der Waals surface area contributed by atoms with Crippen LogP contribution in [-0.4, -0.2) is 47.6 Å². The zero-order chi connectivity index (χ0) is 31.6. The van der Waals surface area contributed by atoms with Crippen molar-refractivity contribution in [2.45, 2.75) is 25.7 Å². The third-order valence-corrected chi connectivity index (χ3v) is 5.63. The molecule has 1 aromatic heterocycles. The molecule has 9 nitrogen and oxygen atoms in total. The molecule has 0 unspecified atom stereocenters. The van der Waals surface area contributed by atoms with Gasteiger partial charge in [0.15, 0.2) is 5.69 Å². The molecule has 174 valence electrons. The van der Waals surface area contributed by atoms with Crippen LogP contribution >= 0.6 is 0 Å². The summed E-state index contributed by atoms with van der Waals surface area (Å²) in [4.78, 5) is 40.5. The van der Waals surface area contributed by atoms with Gasteiger partial charge in [-0.05, 0) is 67.7 Å². The number of hydrogen-bond acceptors (Lipinski definition) is 5. The highest BCUT2D eigenvalue weighted by molar-refractivity contribution is 6.09. The molecule has 1 saturated heterocycles. The number of anilines is 2. The van der Waals surface area contributed by atoms with Crippen molar-refractivity contribution in [3.8, 4) is 11.4 Å². The Balaban J connectivity index is 1.61. The molecule has 0 atom stereocenters. The molecule has 0 spiro atoms. The van der Waals surface area contributed by atoms with E-state index in [0.717, 1.165) is 9.58 Å². The quantitative estimate of drug-likeness (QED) is 0.619. The number of amides is 3. The first kappa shape index (κ1) is 13.5.